The summed E-state index contributed by atoms with van der Waals surface area (Å²) >= 11 is 0. The maximum atomic E-state index is 12.2. The van der Waals surface area contributed by atoms with Crippen LogP contribution in [0.25, 0.3) is 0 Å². The number of halogens is 1. The summed E-state index contributed by atoms with van der Waals surface area (Å²) in [6.07, 6.45) is 1.93. The minimum atomic E-state index is -0.494. The van der Waals surface area contributed by atoms with Gasteiger partial charge in [-0.25, -0.2) is 4.79 Å². The quantitative estimate of drug-likeness (QED) is 0.266. The van der Waals surface area contributed by atoms with E-state index in [4.69, 9.17) is 9.73 Å². The van der Waals surface area contributed by atoms with E-state index in [-0.39, 0.29) is 41.9 Å². The summed E-state index contributed by atoms with van der Waals surface area (Å²) in [6, 6.07) is 0.414. The second-order valence-electron chi connectivity index (χ2n) is 9.77. The molecule has 1 heterocycles. The Kier molecular flexibility index (Phi) is 12.0. The first-order valence-corrected chi connectivity index (χ1v) is 11.6. The number of piperazine rings is 1. The number of guanidine groups is 1. The number of carbonyl (C=O) groups is 2. The number of nitrogens with one attached hydrogen (secondary N) is 2. The number of aliphatic imine (C=N–C) groups is 1. The Morgan fingerprint density at radius 1 is 1.19 bits per heavy atom. The third-order valence-corrected chi connectivity index (χ3v) is 5.16. The van der Waals surface area contributed by atoms with Crippen molar-refractivity contribution in [3.63, 3.8) is 0 Å². The minimum Gasteiger partial charge on any atom is -0.444 e. The van der Waals surface area contributed by atoms with E-state index >= 15 is 0 Å². The first-order valence-electron chi connectivity index (χ1n) is 11.6. The maximum Gasteiger partial charge on any atom is 0.410 e. The average molecular weight is 567 g/mol. The second-order valence-corrected chi connectivity index (χ2v) is 9.77. The molecule has 2 rings (SSSR count). The van der Waals surface area contributed by atoms with Crippen molar-refractivity contribution >= 4 is 41.9 Å². The Balaban J connectivity index is 0.00000512. The molecule has 0 aromatic rings. The van der Waals surface area contributed by atoms with Gasteiger partial charge in [0.05, 0.1) is 6.54 Å². The molecule has 1 saturated heterocycles. The van der Waals surface area contributed by atoms with Crippen LogP contribution in [0, 0.1) is 5.92 Å². The molecule has 0 aromatic carbocycles. The van der Waals surface area contributed by atoms with E-state index in [0.717, 1.165) is 51.5 Å². The Labute approximate surface area is 210 Å². The number of ether oxygens (including phenoxy) is 1. The van der Waals surface area contributed by atoms with E-state index in [0.29, 0.717) is 25.7 Å². The summed E-state index contributed by atoms with van der Waals surface area (Å²) in [5.74, 6) is 1.24. The maximum absolute atomic E-state index is 12.2. The van der Waals surface area contributed by atoms with Crippen LogP contribution in [0.3, 0.4) is 0 Å². The topological polar surface area (TPSA) is 89.5 Å². The van der Waals surface area contributed by atoms with Crippen LogP contribution >= 0.6 is 24.0 Å². The van der Waals surface area contributed by atoms with Crippen molar-refractivity contribution < 1.29 is 14.3 Å². The van der Waals surface area contributed by atoms with Crippen molar-refractivity contribution in [3.05, 3.63) is 0 Å². The predicted molar refractivity (Wildman–Crippen MR) is 139 cm³/mol. The molecule has 186 valence electrons. The molecule has 1 atom stereocenters. The molecule has 9 nitrogen and oxygen atoms in total. The van der Waals surface area contributed by atoms with Crippen LogP contribution < -0.4 is 10.6 Å². The van der Waals surface area contributed by atoms with E-state index in [1.807, 2.05) is 20.8 Å². The molecule has 2 aliphatic rings. The van der Waals surface area contributed by atoms with Crippen molar-refractivity contribution in [2.75, 3.05) is 59.4 Å². The fourth-order valence-electron chi connectivity index (χ4n) is 3.43. The molecule has 10 heteroatoms. The van der Waals surface area contributed by atoms with E-state index < -0.39 is 5.60 Å². The smallest absolute Gasteiger partial charge is 0.410 e. The zero-order valence-corrected chi connectivity index (χ0v) is 23.0. The summed E-state index contributed by atoms with van der Waals surface area (Å²) < 4.78 is 5.42. The molecule has 0 radical (unpaired) electrons. The third-order valence-electron chi connectivity index (χ3n) is 5.16. The van der Waals surface area contributed by atoms with Gasteiger partial charge in [0, 0.05) is 58.9 Å². The molecule has 0 spiro atoms. The summed E-state index contributed by atoms with van der Waals surface area (Å²) in [7, 11) is 1.76. The summed E-state index contributed by atoms with van der Waals surface area (Å²) in [4.78, 5) is 35.1. The standard InChI is InChI=1S/C22H42N6O3.HI/c1-7-23-20(24-14-17(2)15-26(6)21(30)31-22(3,4)5)28-12-10-27(11-13-28)16-19(29)25-18-8-9-18;/h17-18H,7-16H2,1-6H3,(H,23,24)(H,25,29);1H. The van der Waals surface area contributed by atoms with E-state index in [1.165, 1.54) is 0 Å². The zero-order valence-electron chi connectivity index (χ0n) is 20.6. The molecule has 1 unspecified atom stereocenters. The van der Waals surface area contributed by atoms with Crippen molar-refractivity contribution in [1.82, 2.24) is 25.3 Å². The highest BCUT2D eigenvalue weighted by Crippen LogP contribution is 2.18. The number of carbonyl (C=O) groups excluding carboxylic acids is 2. The molecule has 0 aromatic heterocycles. The molecular formula is C22H43IN6O3. The van der Waals surface area contributed by atoms with Crippen LogP contribution in [-0.2, 0) is 9.53 Å². The van der Waals surface area contributed by atoms with Crippen LogP contribution in [0.1, 0.15) is 47.5 Å². The second kappa shape index (κ2) is 13.4. The van der Waals surface area contributed by atoms with E-state index in [2.05, 4.69) is 34.3 Å². The first kappa shape index (κ1) is 28.7. The SMILES string of the molecule is CCNC(=NCC(C)CN(C)C(=O)OC(C)(C)C)N1CCN(CC(=O)NC2CC2)CC1.I. The van der Waals surface area contributed by atoms with Crippen LogP contribution in [0.2, 0.25) is 0 Å². The molecule has 2 amide bonds. The Morgan fingerprint density at radius 3 is 2.34 bits per heavy atom. The van der Waals surface area contributed by atoms with Crippen molar-refractivity contribution in [1.29, 1.82) is 0 Å². The Bertz CT molecular complexity index is 628. The monoisotopic (exact) mass is 566 g/mol. The van der Waals surface area contributed by atoms with E-state index in [1.54, 1.807) is 11.9 Å². The van der Waals surface area contributed by atoms with Gasteiger partial charge >= 0.3 is 6.09 Å². The fourth-order valence-corrected chi connectivity index (χ4v) is 3.43. The number of rotatable bonds is 8. The van der Waals surface area contributed by atoms with Crippen molar-refractivity contribution in [3.8, 4) is 0 Å². The highest BCUT2D eigenvalue weighted by Gasteiger charge is 2.26. The first-order chi connectivity index (χ1) is 14.6. The highest BCUT2D eigenvalue weighted by atomic mass is 127. The van der Waals surface area contributed by atoms with Gasteiger partial charge in [0.2, 0.25) is 5.91 Å². The lowest BCUT2D eigenvalue weighted by molar-refractivity contribution is -0.122. The minimum absolute atomic E-state index is 0. The lowest BCUT2D eigenvalue weighted by Crippen LogP contribution is -2.54. The largest absolute Gasteiger partial charge is 0.444 e. The fraction of sp³-hybridized carbons (Fsp3) is 0.864. The Hall–Kier alpha value is -1.30. The Morgan fingerprint density at radius 2 is 1.81 bits per heavy atom. The summed E-state index contributed by atoms with van der Waals surface area (Å²) in [5, 5.41) is 6.43. The number of nitrogens with zero attached hydrogens (tertiary/aromatic N) is 4. The van der Waals surface area contributed by atoms with Gasteiger partial charge in [-0.3, -0.25) is 14.7 Å². The lowest BCUT2D eigenvalue weighted by atomic mass is 10.2. The third kappa shape index (κ3) is 11.0. The van der Waals surface area contributed by atoms with Gasteiger partial charge in [-0.1, -0.05) is 6.92 Å². The molecule has 1 aliphatic carbocycles. The predicted octanol–water partition coefficient (Wildman–Crippen LogP) is 1.97. The normalized spacial score (nSPS) is 18.4. The summed E-state index contributed by atoms with van der Waals surface area (Å²) in [5.41, 5.74) is -0.494. The zero-order chi connectivity index (χ0) is 23.0. The van der Waals surface area contributed by atoms with E-state index in [9.17, 15) is 9.59 Å². The van der Waals surface area contributed by atoms with Gasteiger partial charge in [-0.15, -0.1) is 24.0 Å². The molecular weight excluding hydrogens is 523 g/mol. The highest BCUT2D eigenvalue weighted by molar-refractivity contribution is 14.0. The lowest BCUT2D eigenvalue weighted by Gasteiger charge is -2.36. The summed E-state index contributed by atoms with van der Waals surface area (Å²) in [6.45, 7) is 15.6. The molecule has 1 aliphatic heterocycles. The molecule has 0 bridgehead atoms. The number of hydrogen-bond donors (Lipinski definition) is 2. The van der Waals surface area contributed by atoms with Crippen LogP contribution in [0.15, 0.2) is 4.99 Å². The molecule has 1 saturated carbocycles. The van der Waals surface area contributed by atoms with Gasteiger partial charge in [-0.05, 0) is 46.5 Å². The molecule has 32 heavy (non-hydrogen) atoms. The molecule has 2 fully saturated rings. The van der Waals surface area contributed by atoms with Gasteiger partial charge < -0.3 is 25.2 Å². The van der Waals surface area contributed by atoms with Gasteiger partial charge in [0.25, 0.3) is 0 Å². The number of hydrogen-bond acceptors (Lipinski definition) is 5. The van der Waals surface area contributed by atoms with Crippen molar-refractivity contribution in [2.24, 2.45) is 10.9 Å². The van der Waals surface area contributed by atoms with Gasteiger partial charge in [-0.2, -0.15) is 0 Å². The van der Waals surface area contributed by atoms with Gasteiger partial charge in [0.1, 0.15) is 5.60 Å². The van der Waals surface area contributed by atoms with Crippen LogP contribution in [0.4, 0.5) is 4.79 Å². The van der Waals surface area contributed by atoms with Crippen LogP contribution in [0.5, 0.6) is 0 Å². The number of amides is 2. The van der Waals surface area contributed by atoms with Gasteiger partial charge in [0.15, 0.2) is 5.96 Å². The van der Waals surface area contributed by atoms with Crippen molar-refractivity contribution in [2.45, 2.75) is 59.1 Å². The average Bonchev–Trinajstić information content (AvgIpc) is 3.48. The molecule has 2 N–H and O–H groups in total. The van der Waals surface area contributed by atoms with Crippen LogP contribution in [-0.4, -0.2) is 104 Å².